The fourth-order valence-electron chi connectivity index (χ4n) is 1.63. The molecule has 8 nitrogen and oxygen atoms in total. The lowest BCUT2D eigenvalue weighted by atomic mass is 10.2. The van der Waals surface area contributed by atoms with Crippen molar-refractivity contribution in [3.05, 3.63) is 0 Å². The molecule has 0 saturated carbocycles. The number of ether oxygens (including phenoxy) is 5. The van der Waals surface area contributed by atoms with Gasteiger partial charge >= 0.3 is 5.97 Å². The molecule has 0 aromatic heterocycles. The van der Waals surface area contributed by atoms with Crippen LogP contribution in [0.25, 0.3) is 0 Å². The normalized spacial score (nSPS) is 11.2. The summed E-state index contributed by atoms with van der Waals surface area (Å²) in [6, 6.07) is 0. The summed E-state index contributed by atoms with van der Waals surface area (Å²) in [6.07, 6.45) is 0.247. The Kier molecular flexibility index (Phi) is 15.6. The first kappa shape index (κ1) is 25.0. The quantitative estimate of drug-likeness (QED) is 0.239. The maximum Gasteiger partial charge on any atom is 0.308 e. The molecule has 0 unspecified atom stereocenters. The van der Waals surface area contributed by atoms with Crippen LogP contribution >= 0.6 is 12.2 Å². The molecular formula is C17H34N2O6S. The molecule has 0 heterocycles. The van der Waals surface area contributed by atoms with Crippen LogP contribution < -0.4 is 10.6 Å². The minimum absolute atomic E-state index is 0.247. The van der Waals surface area contributed by atoms with Crippen LogP contribution in [0.4, 0.5) is 0 Å². The summed E-state index contributed by atoms with van der Waals surface area (Å²) in [5, 5.41) is 6.41. The molecule has 154 valence electrons. The number of hydrogen-bond acceptors (Lipinski definition) is 7. The first-order chi connectivity index (χ1) is 12.3. The maximum atomic E-state index is 11.4. The Bertz CT molecular complexity index is 377. The average Bonchev–Trinajstić information content (AvgIpc) is 2.56. The van der Waals surface area contributed by atoms with Crippen LogP contribution in [0.15, 0.2) is 0 Å². The number of thiocarbonyl (C=S) groups is 1. The third-order valence-electron chi connectivity index (χ3n) is 2.75. The lowest BCUT2D eigenvalue weighted by Crippen LogP contribution is -2.34. The van der Waals surface area contributed by atoms with Crippen molar-refractivity contribution in [2.24, 2.45) is 0 Å². The number of hydrogen-bond donors (Lipinski definition) is 2. The zero-order valence-electron chi connectivity index (χ0n) is 16.4. The van der Waals surface area contributed by atoms with Crippen LogP contribution in [-0.2, 0) is 28.5 Å². The largest absolute Gasteiger partial charge is 0.460 e. The van der Waals surface area contributed by atoms with Gasteiger partial charge in [0.25, 0.3) is 0 Å². The van der Waals surface area contributed by atoms with E-state index in [2.05, 4.69) is 10.6 Å². The molecule has 0 fully saturated rings. The van der Waals surface area contributed by atoms with Gasteiger partial charge in [-0.3, -0.25) is 4.79 Å². The molecule has 0 atom stereocenters. The topological polar surface area (TPSA) is 87.3 Å². The van der Waals surface area contributed by atoms with Crippen LogP contribution in [0.1, 0.15) is 27.2 Å². The molecule has 0 rings (SSSR count). The number of nitrogens with one attached hydrogen (secondary N) is 2. The van der Waals surface area contributed by atoms with E-state index >= 15 is 0 Å². The van der Waals surface area contributed by atoms with Crippen molar-refractivity contribution in [2.45, 2.75) is 32.8 Å². The van der Waals surface area contributed by atoms with E-state index in [0.29, 0.717) is 64.5 Å². The summed E-state index contributed by atoms with van der Waals surface area (Å²) in [5.74, 6) is -0.255. The predicted molar refractivity (Wildman–Crippen MR) is 103 cm³/mol. The molecule has 0 aliphatic carbocycles. The van der Waals surface area contributed by atoms with Gasteiger partial charge in [-0.05, 0) is 33.0 Å². The van der Waals surface area contributed by atoms with Crippen molar-refractivity contribution in [1.29, 1.82) is 0 Å². The van der Waals surface area contributed by atoms with Crippen molar-refractivity contribution < 1.29 is 28.5 Å². The number of esters is 1. The van der Waals surface area contributed by atoms with E-state index in [4.69, 9.17) is 35.9 Å². The van der Waals surface area contributed by atoms with Gasteiger partial charge in [-0.2, -0.15) is 0 Å². The first-order valence-electron chi connectivity index (χ1n) is 8.83. The fourth-order valence-corrected chi connectivity index (χ4v) is 1.74. The maximum absolute atomic E-state index is 11.4. The van der Waals surface area contributed by atoms with Gasteiger partial charge in [0.1, 0.15) is 5.60 Å². The first-order valence-corrected chi connectivity index (χ1v) is 9.24. The van der Waals surface area contributed by atoms with E-state index in [9.17, 15) is 4.79 Å². The predicted octanol–water partition coefficient (Wildman–Crippen LogP) is 0.879. The lowest BCUT2D eigenvalue weighted by Gasteiger charge is -2.19. The molecule has 0 radical (unpaired) electrons. The molecule has 0 aromatic rings. The van der Waals surface area contributed by atoms with Crippen LogP contribution in [0.3, 0.4) is 0 Å². The molecule has 9 heteroatoms. The van der Waals surface area contributed by atoms with Crippen LogP contribution in [0.5, 0.6) is 0 Å². The highest BCUT2D eigenvalue weighted by Crippen LogP contribution is 2.07. The molecule has 0 aliphatic heterocycles. The Morgan fingerprint density at radius 2 is 1.31 bits per heavy atom. The van der Waals surface area contributed by atoms with Gasteiger partial charge in [-0.25, -0.2) is 0 Å². The van der Waals surface area contributed by atoms with Crippen molar-refractivity contribution >= 4 is 23.3 Å². The minimum atomic E-state index is -0.456. The highest BCUT2D eigenvalue weighted by molar-refractivity contribution is 7.80. The molecule has 0 amide bonds. The molecule has 0 saturated heterocycles. The van der Waals surface area contributed by atoms with Crippen molar-refractivity contribution in [3.8, 4) is 0 Å². The van der Waals surface area contributed by atoms with E-state index in [0.717, 1.165) is 0 Å². The second-order valence-corrected chi connectivity index (χ2v) is 6.70. The van der Waals surface area contributed by atoms with Crippen molar-refractivity contribution in [2.75, 3.05) is 66.4 Å². The number of carbonyl (C=O) groups is 1. The summed E-state index contributed by atoms with van der Waals surface area (Å²) < 4.78 is 26.6. The van der Waals surface area contributed by atoms with Gasteiger partial charge in [-0.1, -0.05) is 0 Å². The van der Waals surface area contributed by atoms with E-state index < -0.39 is 5.60 Å². The molecular weight excluding hydrogens is 360 g/mol. The van der Waals surface area contributed by atoms with Crippen molar-refractivity contribution in [3.63, 3.8) is 0 Å². The molecule has 0 aromatic carbocycles. The summed E-state index contributed by atoms with van der Waals surface area (Å²) in [4.78, 5) is 11.4. The van der Waals surface area contributed by atoms with Gasteiger partial charge in [0, 0.05) is 13.6 Å². The number of rotatable bonds is 15. The summed E-state index contributed by atoms with van der Waals surface area (Å²) in [5.41, 5.74) is -0.456. The van der Waals surface area contributed by atoms with E-state index in [1.165, 1.54) is 0 Å². The van der Waals surface area contributed by atoms with E-state index in [1.54, 1.807) is 7.05 Å². The van der Waals surface area contributed by atoms with Gasteiger partial charge in [0.05, 0.1) is 59.3 Å². The van der Waals surface area contributed by atoms with Crippen molar-refractivity contribution in [1.82, 2.24) is 10.6 Å². The summed E-state index contributed by atoms with van der Waals surface area (Å²) in [7, 11) is 1.77. The minimum Gasteiger partial charge on any atom is -0.460 e. The van der Waals surface area contributed by atoms with Gasteiger partial charge in [0.15, 0.2) is 5.11 Å². The van der Waals surface area contributed by atoms with Gasteiger partial charge < -0.3 is 34.3 Å². The second-order valence-electron chi connectivity index (χ2n) is 6.29. The third kappa shape index (κ3) is 19.3. The Hall–Kier alpha value is -1.00. The summed E-state index contributed by atoms with van der Waals surface area (Å²) >= 11 is 4.93. The fraction of sp³-hybridized carbons (Fsp3) is 0.882. The monoisotopic (exact) mass is 394 g/mol. The van der Waals surface area contributed by atoms with E-state index in [1.807, 2.05) is 20.8 Å². The SMILES string of the molecule is CNC(=S)NCCOCCOCCOCCOCCC(=O)OC(C)(C)C. The molecule has 0 aliphatic rings. The standard InChI is InChI=1S/C17H34N2O6S/c1-17(2,3)25-15(20)5-7-21-9-11-23-13-14-24-12-10-22-8-6-19-16(26)18-4/h5-14H2,1-4H3,(H2,18,19,26). The third-order valence-corrected chi connectivity index (χ3v) is 3.09. The van der Waals surface area contributed by atoms with Gasteiger partial charge in [0.2, 0.25) is 0 Å². The van der Waals surface area contributed by atoms with E-state index in [-0.39, 0.29) is 12.4 Å². The zero-order chi connectivity index (χ0) is 19.7. The second kappa shape index (κ2) is 16.2. The van der Waals surface area contributed by atoms with Gasteiger partial charge in [-0.15, -0.1) is 0 Å². The Morgan fingerprint density at radius 3 is 1.77 bits per heavy atom. The highest BCUT2D eigenvalue weighted by Gasteiger charge is 2.15. The van der Waals surface area contributed by atoms with Crippen LogP contribution in [-0.4, -0.2) is 83.1 Å². The highest BCUT2D eigenvalue weighted by atomic mass is 32.1. The summed E-state index contributed by atoms with van der Waals surface area (Å²) in [6.45, 7) is 10.0. The Morgan fingerprint density at radius 1 is 0.846 bits per heavy atom. The molecule has 26 heavy (non-hydrogen) atoms. The molecule has 0 bridgehead atoms. The Labute approximate surface area is 162 Å². The smallest absolute Gasteiger partial charge is 0.308 e. The number of carbonyl (C=O) groups excluding carboxylic acids is 1. The molecule has 2 N–H and O–H groups in total. The zero-order valence-corrected chi connectivity index (χ0v) is 17.2. The Balaban J connectivity index is 3.18. The van der Waals surface area contributed by atoms with Crippen LogP contribution in [0, 0.1) is 0 Å². The lowest BCUT2D eigenvalue weighted by molar-refractivity contribution is -0.156. The average molecular weight is 395 g/mol. The van der Waals surface area contributed by atoms with Crippen LogP contribution in [0.2, 0.25) is 0 Å². The molecule has 0 spiro atoms.